The first-order chi connectivity index (χ1) is 13.5. The number of ether oxygens (including phenoxy) is 1. The minimum atomic E-state index is -0.501. The molecule has 0 fully saturated rings. The van der Waals surface area contributed by atoms with E-state index in [4.69, 9.17) is 4.74 Å². The normalized spacial score (nSPS) is 13.3. The second-order valence-electron chi connectivity index (χ2n) is 6.56. The van der Waals surface area contributed by atoms with E-state index < -0.39 is 5.97 Å². The number of methoxy groups -OCH3 is 1. The topological polar surface area (TPSA) is 85.6 Å². The van der Waals surface area contributed by atoms with Gasteiger partial charge in [0.1, 0.15) is 0 Å². The van der Waals surface area contributed by atoms with Gasteiger partial charge < -0.3 is 9.64 Å². The Morgan fingerprint density at radius 1 is 1.21 bits per heavy atom. The summed E-state index contributed by atoms with van der Waals surface area (Å²) in [6.07, 6.45) is 0.763. The first kappa shape index (κ1) is 18.4. The Morgan fingerprint density at radius 3 is 2.79 bits per heavy atom. The SMILES string of the molecule is COC(=O)c1cc(N2CCc3ccc([N+](=O)[O-])cc3C2)c2cc(Br)ccc2n1. The zero-order chi connectivity index (χ0) is 19.8. The van der Waals surface area contributed by atoms with Crippen molar-refractivity contribution in [2.45, 2.75) is 13.0 Å². The molecule has 28 heavy (non-hydrogen) atoms. The van der Waals surface area contributed by atoms with Crippen molar-refractivity contribution in [1.82, 2.24) is 4.98 Å². The van der Waals surface area contributed by atoms with Crippen molar-refractivity contribution in [3.05, 3.63) is 73.9 Å². The second-order valence-corrected chi connectivity index (χ2v) is 7.48. The zero-order valence-corrected chi connectivity index (χ0v) is 16.6. The number of pyridine rings is 1. The summed E-state index contributed by atoms with van der Waals surface area (Å²) in [5.41, 5.74) is 3.87. The molecule has 8 heteroatoms. The minimum Gasteiger partial charge on any atom is -0.464 e. The van der Waals surface area contributed by atoms with Gasteiger partial charge in [0.25, 0.3) is 5.69 Å². The number of hydrogen-bond acceptors (Lipinski definition) is 6. The molecule has 1 aliphatic heterocycles. The Morgan fingerprint density at radius 2 is 2.04 bits per heavy atom. The summed E-state index contributed by atoms with van der Waals surface area (Å²) in [7, 11) is 1.33. The third-order valence-electron chi connectivity index (χ3n) is 4.90. The molecule has 0 N–H and O–H groups in total. The lowest BCUT2D eigenvalue weighted by atomic mass is 9.98. The fourth-order valence-corrected chi connectivity index (χ4v) is 3.87. The maximum absolute atomic E-state index is 12.1. The Balaban J connectivity index is 1.82. The summed E-state index contributed by atoms with van der Waals surface area (Å²) < 4.78 is 5.75. The molecule has 2 heterocycles. The number of carbonyl (C=O) groups excluding carboxylic acids is 1. The quantitative estimate of drug-likeness (QED) is 0.343. The smallest absolute Gasteiger partial charge is 0.356 e. The molecule has 4 rings (SSSR count). The second kappa shape index (κ2) is 7.20. The monoisotopic (exact) mass is 441 g/mol. The maximum atomic E-state index is 12.1. The standard InChI is InChI=1S/C20H16BrN3O4/c1-28-20(25)18-10-19(16-9-14(21)3-5-17(16)22-18)23-7-6-12-2-4-15(24(26)27)8-13(12)11-23/h2-5,8-10H,6-7,11H2,1H3. The average Bonchev–Trinajstić information content (AvgIpc) is 2.71. The van der Waals surface area contributed by atoms with Crippen LogP contribution in [0.5, 0.6) is 0 Å². The summed E-state index contributed by atoms with van der Waals surface area (Å²) in [5.74, 6) is -0.501. The third-order valence-corrected chi connectivity index (χ3v) is 5.39. The lowest BCUT2D eigenvalue weighted by Gasteiger charge is -2.31. The Labute approximate surface area is 169 Å². The van der Waals surface area contributed by atoms with Gasteiger partial charge in [-0.05, 0) is 41.8 Å². The fourth-order valence-electron chi connectivity index (χ4n) is 3.51. The van der Waals surface area contributed by atoms with Crippen LogP contribution in [-0.4, -0.2) is 29.5 Å². The molecule has 0 radical (unpaired) electrons. The van der Waals surface area contributed by atoms with E-state index in [0.29, 0.717) is 12.1 Å². The first-order valence-corrected chi connectivity index (χ1v) is 9.45. The number of fused-ring (bicyclic) bond motifs is 2. The lowest BCUT2D eigenvalue weighted by molar-refractivity contribution is -0.384. The van der Waals surface area contributed by atoms with Crippen molar-refractivity contribution in [2.75, 3.05) is 18.6 Å². The number of anilines is 1. The minimum absolute atomic E-state index is 0.0816. The van der Waals surface area contributed by atoms with E-state index in [1.807, 2.05) is 24.3 Å². The molecule has 0 saturated carbocycles. The van der Waals surface area contributed by atoms with Gasteiger partial charge in [0.15, 0.2) is 5.69 Å². The van der Waals surface area contributed by atoms with Crippen LogP contribution in [0.25, 0.3) is 10.9 Å². The highest BCUT2D eigenvalue weighted by Crippen LogP contribution is 2.33. The highest BCUT2D eigenvalue weighted by Gasteiger charge is 2.23. The van der Waals surface area contributed by atoms with Gasteiger partial charge in [0.2, 0.25) is 0 Å². The number of hydrogen-bond donors (Lipinski definition) is 0. The van der Waals surface area contributed by atoms with Gasteiger partial charge in [-0.15, -0.1) is 0 Å². The molecule has 0 atom stereocenters. The van der Waals surface area contributed by atoms with E-state index in [-0.39, 0.29) is 16.3 Å². The molecule has 0 saturated heterocycles. The van der Waals surface area contributed by atoms with Crippen LogP contribution < -0.4 is 4.90 Å². The van der Waals surface area contributed by atoms with Gasteiger partial charge in [-0.2, -0.15) is 0 Å². The first-order valence-electron chi connectivity index (χ1n) is 8.66. The number of halogens is 1. The summed E-state index contributed by atoms with van der Waals surface area (Å²) in [5, 5.41) is 12.0. The van der Waals surface area contributed by atoms with Crippen LogP contribution in [0.3, 0.4) is 0 Å². The Kier molecular flexibility index (Phi) is 4.72. The number of esters is 1. The number of non-ortho nitro benzene ring substituents is 1. The lowest BCUT2D eigenvalue weighted by Crippen LogP contribution is -2.31. The van der Waals surface area contributed by atoms with Crippen molar-refractivity contribution >= 4 is 44.2 Å². The largest absolute Gasteiger partial charge is 0.464 e. The predicted octanol–water partition coefficient (Wildman–Crippen LogP) is 4.25. The van der Waals surface area contributed by atoms with Crippen LogP contribution in [0.2, 0.25) is 0 Å². The number of nitro benzene ring substituents is 1. The molecule has 142 valence electrons. The molecule has 1 aliphatic rings. The van der Waals surface area contributed by atoms with Crippen molar-refractivity contribution < 1.29 is 14.5 Å². The fraction of sp³-hybridized carbons (Fsp3) is 0.200. The molecule has 3 aromatic rings. The molecule has 0 bridgehead atoms. The van der Waals surface area contributed by atoms with E-state index in [9.17, 15) is 14.9 Å². The van der Waals surface area contributed by atoms with Crippen LogP contribution in [-0.2, 0) is 17.7 Å². The summed E-state index contributed by atoms with van der Waals surface area (Å²) in [4.78, 5) is 29.4. The predicted molar refractivity (Wildman–Crippen MR) is 109 cm³/mol. The number of rotatable bonds is 3. The summed E-state index contributed by atoms with van der Waals surface area (Å²) in [6, 6.07) is 12.4. The molecular weight excluding hydrogens is 426 g/mol. The van der Waals surface area contributed by atoms with Crippen molar-refractivity contribution in [3.63, 3.8) is 0 Å². The van der Waals surface area contributed by atoms with Crippen LogP contribution in [0.1, 0.15) is 21.6 Å². The summed E-state index contributed by atoms with van der Waals surface area (Å²) in [6.45, 7) is 1.25. The van der Waals surface area contributed by atoms with Crippen molar-refractivity contribution in [3.8, 4) is 0 Å². The van der Waals surface area contributed by atoms with Gasteiger partial charge in [-0.3, -0.25) is 10.1 Å². The molecule has 1 aromatic heterocycles. The zero-order valence-electron chi connectivity index (χ0n) is 15.0. The van der Waals surface area contributed by atoms with Gasteiger partial charge >= 0.3 is 5.97 Å². The van der Waals surface area contributed by atoms with E-state index in [0.717, 1.165) is 39.6 Å². The van der Waals surface area contributed by atoms with Gasteiger partial charge in [0, 0.05) is 40.8 Å². The maximum Gasteiger partial charge on any atom is 0.356 e. The molecule has 0 amide bonds. The van der Waals surface area contributed by atoms with Gasteiger partial charge in [-0.25, -0.2) is 9.78 Å². The number of benzene rings is 2. The molecule has 2 aromatic carbocycles. The Bertz CT molecular complexity index is 1120. The summed E-state index contributed by atoms with van der Waals surface area (Å²) >= 11 is 3.49. The molecule has 0 unspecified atom stereocenters. The van der Waals surface area contributed by atoms with E-state index in [1.54, 1.807) is 18.2 Å². The van der Waals surface area contributed by atoms with Crippen molar-refractivity contribution in [1.29, 1.82) is 0 Å². The number of nitrogens with zero attached hydrogens (tertiary/aromatic N) is 3. The van der Waals surface area contributed by atoms with Crippen LogP contribution in [0.4, 0.5) is 11.4 Å². The number of aromatic nitrogens is 1. The van der Waals surface area contributed by atoms with Crippen LogP contribution in [0.15, 0.2) is 46.9 Å². The molecule has 0 aliphatic carbocycles. The average molecular weight is 442 g/mol. The van der Waals surface area contributed by atoms with E-state index >= 15 is 0 Å². The molecule has 0 spiro atoms. The van der Waals surface area contributed by atoms with Crippen molar-refractivity contribution in [2.24, 2.45) is 0 Å². The van der Waals surface area contributed by atoms with Gasteiger partial charge in [-0.1, -0.05) is 22.0 Å². The molecule has 7 nitrogen and oxygen atoms in total. The molecular formula is C20H16BrN3O4. The number of carbonyl (C=O) groups is 1. The van der Waals surface area contributed by atoms with Crippen LogP contribution in [0, 0.1) is 10.1 Å². The van der Waals surface area contributed by atoms with E-state index in [2.05, 4.69) is 25.8 Å². The van der Waals surface area contributed by atoms with E-state index in [1.165, 1.54) is 7.11 Å². The van der Waals surface area contributed by atoms with Crippen LogP contribution >= 0.6 is 15.9 Å². The highest BCUT2D eigenvalue weighted by molar-refractivity contribution is 9.10. The number of nitro groups is 1. The Hall–Kier alpha value is -3.00. The van der Waals surface area contributed by atoms with Gasteiger partial charge in [0.05, 0.1) is 17.5 Å². The highest BCUT2D eigenvalue weighted by atomic mass is 79.9. The third kappa shape index (κ3) is 3.31.